The van der Waals surface area contributed by atoms with Crippen LogP contribution < -0.4 is 5.32 Å². The van der Waals surface area contributed by atoms with Crippen LogP contribution in [0.25, 0.3) is 0 Å². The molecule has 7 nitrogen and oxygen atoms in total. The highest BCUT2D eigenvalue weighted by Gasteiger charge is 2.24. The standard InChI is InChI=1S/C16H15Cl3N4O3S/c1-8(15(25)20-14-10(18)5-9(17)6-11(14)19)27-16-22-21-12(26-16)7-23-4-2-3-13(23)24/h5-6,8H,2-4,7H2,1H3,(H,20,25). The van der Waals surface area contributed by atoms with Crippen LogP contribution in [0.15, 0.2) is 21.8 Å². The van der Waals surface area contributed by atoms with Gasteiger partial charge in [-0.1, -0.05) is 46.6 Å². The quantitative estimate of drug-likeness (QED) is 0.663. The molecule has 3 rings (SSSR count). The van der Waals surface area contributed by atoms with Crippen molar-refractivity contribution >= 4 is 64.1 Å². The number of nitrogens with one attached hydrogen (secondary N) is 1. The fourth-order valence-corrected chi connectivity index (χ4v) is 4.09. The van der Waals surface area contributed by atoms with Gasteiger partial charge in [-0.05, 0) is 25.5 Å². The highest BCUT2D eigenvalue weighted by Crippen LogP contribution is 2.34. The maximum Gasteiger partial charge on any atom is 0.277 e. The number of amides is 2. The molecule has 0 saturated carbocycles. The van der Waals surface area contributed by atoms with Crippen LogP contribution in [0, 0.1) is 0 Å². The maximum atomic E-state index is 12.4. The molecule has 1 aromatic carbocycles. The van der Waals surface area contributed by atoms with Gasteiger partial charge in [-0.2, -0.15) is 0 Å². The number of aromatic nitrogens is 2. The summed E-state index contributed by atoms with van der Waals surface area (Å²) in [7, 11) is 0. The van der Waals surface area contributed by atoms with Gasteiger partial charge in [0.25, 0.3) is 5.22 Å². The lowest BCUT2D eigenvalue weighted by atomic mass is 10.3. The third kappa shape index (κ3) is 5.07. The van der Waals surface area contributed by atoms with Crippen LogP contribution >= 0.6 is 46.6 Å². The van der Waals surface area contributed by atoms with Crippen molar-refractivity contribution in [2.75, 3.05) is 11.9 Å². The number of rotatable bonds is 6. The minimum atomic E-state index is -0.547. The highest BCUT2D eigenvalue weighted by molar-refractivity contribution is 8.00. The zero-order chi connectivity index (χ0) is 19.6. The summed E-state index contributed by atoms with van der Waals surface area (Å²) in [5.74, 6) is 0.0802. The average Bonchev–Trinajstić information content (AvgIpc) is 3.20. The van der Waals surface area contributed by atoms with Gasteiger partial charge < -0.3 is 14.6 Å². The van der Waals surface area contributed by atoms with Gasteiger partial charge in [-0.25, -0.2) is 0 Å². The van der Waals surface area contributed by atoms with Crippen molar-refractivity contribution in [1.29, 1.82) is 0 Å². The molecule has 0 radical (unpaired) electrons. The van der Waals surface area contributed by atoms with Crippen LogP contribution in [0.4, 0.5) is 5.69 Å². The summed E-state index contributed by atoms with van der Waals surface area (Å²) in [6.07, 6.45) is 1.38. The molecular weight excluding hydrogens is 435 g/mol. The Labute approximate surface area is 174 Å². The van der Waals surface area contributed by atoms with E-state index in [9.17, 15) is 9.59 Å². The molecular formula is C16H15Cl3N4O3S. The van der Waals surface area contributed by atoms with Crippen molar-refractivity contribution in [3.8, 4) is 0 Å². The fraction of sp³-hybridized carbons (Fsp3) is 0.375. The van der Waals surface area contributed by atoms with Crippen LogP contribution in [0.5, 0.6) is 0 Å². The van der Waals surface area contributed by atoms with Crippen molar-refractivity contribution in [3.63, 3.8) is 0 Å². The van der Waals surface area contributed by atoms with Crippen LogP contribution in [0.1, 0.15) is 25.7 Å². The molecule has 1 aromatic heterocycles. The molecule has 0 bridgehead atoms. The first kappa shape index (κ1) is 20.3. The molecule has 1 aliphatic heterocycles. The monoisotopic (exact) mass is 448 g/mol. The van der Waals surface area contributed by atoms with Gasteiger partial charge in [0.05, 0.1) is 27.5 Å². The largest absolute Gasteiger partial charge is 0.414 e. The Kier molecular flexibility index (Phi) is 6.52. The summed E-state index contributed by atoms with van der Waals surface area (Å²) in [5.41, 5.74) is 0.291. The van der Waals surface area contributed by atoms with E-state index in [1.165, 1.54) is 12.1 Å². The van der Waals surface area contributed by atoms with E-state index in [0.29, 0.717) is 29.6 Å². The first-order chi connectivity index (χ1) is 12.8. The Bertz CT molecular complexity index is 853. The highest BCUT2D eigenvalue weighted by atomic mass is 35.5. The molecule has 1 N–H and O–H groups in total. The first-order valence-corrected chi connectivity index (χ1v) is 10.1. The van der Waals surface area contributed by atoms with Gasteiger partial charge in [0, 0.05) is 18.0 Å². The lowest BCUT2D eigenvalue weighted by Crippen LogP contribution is -2.24. The SMILES string of the molecule is CC(Sc1nnc(CN2CCCC2=O)o1)C(=O)Nc1c(Cl)cc(Cl)cc1Cl. The minimum absolute atomic E-state index is 0.0758. The van der Waals surface area contributed by atoms with E-state index in [-0.39, 0.29) is 33.6 Å². The zero-order valence-electron chi connectivity index (χ0n) is 14.2. The molecule has 27 heavy (non-hydrogen) atoms. The van der Waals surface area contributed by atoms with E-state index in [4.69, 9.17) is 39.2 Å². The van der Waals surface area contributed by atoms with Crippen molar-refractivity contribution < 1.29 is 14.0 Å². The van der Waals surface area contributed by atoms with Gasteiger partial charge in [-0.15, -0.1) is 10.2 Å². The van der Waals surface area contributed by atoms with E-state index < -0.39 is 5.25 Å². The van der Waals surface area contributed by atoms with Crippen LogP contribution in [0.3, 0.4) is 0 Å². The van der Waals surface area contributed by atoms with E-state index in [2.05, 4.69) is 15.5 Å². The summed E-state index contributed by atoms with van der Waals surface area (Å²) in [5, 5.41) is 11.1. The van der Waals surface area contributed by atoms with Crippen molar-refractivity contribution in [1.82, 2.24) is 15.1 Å². The summed E-state index contributed by atoms with van der Waals surface area (Å²) in [6.45, 7) is 2.65. The zero-order valence-corrected chi connectivity index (χ0v) is 17.3. The summed E-state index contributed by atoms with van der Waals surface area (Å²) in [4.78, 5) is 25.7. The van der Waals surface area contributed by atoms with E-state index >= 15 is 0 Å². The number of carbonyl (C=O) groups is 2. The molecule has 1 saturated heterocycles. The molecule has 1 fully saturated rings. The van der Waals surface area contributed by atoms with Gasteiger partial charge in [0.15, 0.2) is 0 Å². The second-order valence-electron chi connectivity index (χ2n) is 5.87. The van der Waals surface area contributed by atoms with Gasteiger partial charge >= 0.3 is 0 Å². The number of likely N-dealkylation sites (tertiary alicyclic amines) is 1. The maximum absolute atomic E-state index is 12.4. The van der Waals surface area contributed by atoms with Gasteiger partial charge in [-0.3, -0.25) is 9.59 Å². The number of anilines is 1. The van der Waals surface area contributed by atoms with Crippen molar-refractivity contribution in [3.05, 3.63) is 33.1 Å². The molecule has 1 atom stereocenters. The lowest BCUT2D eigenvalue weighted by molar-refractivity contribution is -0.128. The molecule has 0 spiro atoms. The molecule has 144 valence electrons. The molecule has 2 aromatic rings. The normalized spacial score (nSPS) is 15.3. The Hall–Kier alpha value is -1.48. The second kappa shape index (κ2) is 8.68. The van der Waals surface area contributed by atoms with Crippen LogP contribution in [-0.4, -0.2) is 38.7 Å². The Morgan fingerprint density at radius 1 is 1.33 bits per heavy atom. The topological polar surface area (TPSA) is 88.3 Å². The predicted octanol–water partition coefficient (Wildman–Crippen LogP) is 4.27. The number of hydrogen-bond donors (Lipinski definition) is 1. The summed E-state index contributed by atoms with van der Waals surface area (Å²) < 4.78 is 5.53. The van der Waals surface area contributed by atoms with Crippen LogP contribution in [-0.2, 0) is 16.1 Å². The number of benzene rings is 1. The molecule has 11 heteroatoms. The smallest absolute Gasteiger partial charge is 0.277 e. The Balaban J connectivity index is 1.59. The van der Waals surface area contributed by atoms with E-state index in [1.54, 1.807) is 11.8 Å². The second-order valence-corrected chi connectivity index (χ2v) is 8.42. The number of halogens is 3. The van der Waals surface area contributed by atoms with Crippen molar-refractivity contribution in [2.24, 2.45) is 0 Å². The molecule has 2 amide bonds. The third-order valence-corrected chi connectivity index (χ3v) is 5.60. The Morgan fingerprint density at radius 2 is 2.04 bits per heavy atom. The molecule has 2 heterocycles. The number of hydrogen-bond acceptors (Lipinski definition) is 6. The van der Waals surface area contributed by atoms with Crippen LogP contribution in [0.2, 0.25) is 15.1 Å². The van der Waals surface area contributed by atoms with Crippen molar-refractivity contribution in [2.45, 2.75) is 36.8 Å². The predicted molar refractivity (Wildman–Crippen MR) is 104 cm³/mol. The minimum Gasteiger partial charge on any atom is -0.414 e. The molecule has 1 unspecified atom stereocenters. The number of nitrogens with zero attached hydrogens (tertiary/aromatic N) is 3. The molecule has 1 aliphatic rings. The van der Waals surface area contributed by atoms with E-state index in [1.807, 2.05) is 0 Å². The number of carbonyl (C=O) groups excluding carboxylic acids is 2. The lowest BCUT2D eigenvalue weighted by Gasteiger charge is -2.13. The van der Waals surface area contributed by atoms with E-state index in [0.717, 1.165) is 18.2 Å². The van der Waals surface area contributed by atoms with Gasteiger partial charge in [0.1, 0.15) is 0 Å². The summed E-state index contributed by atoms with van der Waals surface area (Å²) in [6, 6.07) is 2.98. The Morgan fingerprint density at radius 3 is 2.67 bits per heavy atom. The first-order valence-electron chi connectivity index (χ1n) is 8.05. The summed E-state index contributed by atoms with van der Waals surface area (Å²) >= 11 is 19.1. The average molecular weight is 450 g/mol. The molecule has 0 aliphatic carbocycles. The number of thioether (sulfide) groups is 1. The van der Waals surface area contributed by atoms with Gasteiger partial charge in [0.2, 0.25) is 17.7 Å². The fourth-order valence-electron chi connectivity index (χ4n) is 2.48. The third-order valence-electron chi connectivity index (χ3n) is 3.85.